The second kappa shape index (κ2) is 68.1. The normalized spacial score (nSPS) is 13.3. The number of carboxylic acid groups (broad SMARTS) is 1. The van der Waals surface area contributed by atoms with E-state index >= 15 is 0 Å². The lowest BCUT2D eigenvalue weighted by Gasteiger charge is -2.26. The number of rotatable bonds is 67. The van der Waals surface area contributed by atoms with Crippen molar-refractivity contribution < 1.29 is 42.9 Å². The summed E-state index contributed by atoms with van der Waals surface area (Å²) >= 11 is 0. The highest BCUT2D eigenvalue weighted by Gasteiger charge is 2.22. The summed E-state index contributed by atoms with van der Waals surface area (Å²) in [4.78, 5) is 37.5. The number of aliphatic carboxylic acids is 1. The van der Waals surface area contributed by atoms with E-state index in [1.165, 1.54) is 205 Å². The van der Waals surface area contributed by atoms with Gasteiger partial charge in [-0.3, -0.25) is 9.59 Å². The largest absolute Gasteiger partial charge is 0.545 e. The Kier molecular flexibility index (Phi) is 65.2. The van der Waals surface area contributed by atoms with Crippen LogP contribution in [0.1, 0.15) is 322 Å². The van der Waals surface area contributed by atoms with Crippen LogP contribution in [0.2, 0.25) is 0 Å². The Hall–Kier alpha value is -3.79. The molecule has 9 nitrogen and oxygen atoms in total. The van der Waals surface area contributed by atoms with Crippen molar-refractivity contribution in [1.29, 1.82) is 0 Å². The fraction of sp³-hybridized carbons (Fsp3) is 0.756. The summed E-state index contributed by atoms with van der Waals surface area (Å²) in [7, 11) is 5.94. The first kappa shape index (κ1) is 83.2. The molecule has 0 saturated carbocycles. The molecule has 0 aliphatic heterocycles. The summed E-state index contributed by atoms with van der Waals surface area (Å²) < 4.78 is 22.8. The third-order valence-electron chi connectivity index (χ3n) is 15.8. The maximum atomic E-state index is 12.9. The number of unbranched alkanes of at least 4 members (excludes halogenated alkanes) is 36. The number of nitrogens with zero attached hydrogens (tertiary/aromatic N) is 1. The smallest absolute Gasteiger partial charge is 0.306 e. The molecule has 2 atom stereocenters. The second-order valence-corrected chi connectivity index (χ2v) is 25.5. The quantitative estimate of drug-likeness (QED) is 0.0195. The zero-order valence-corrected chi connectivity index (χ0v) is 57.4. The van der Waals surface area contributed by atoms with Crippen LogP contribution in [0, 0.1) is 0 Å². The van der Waals surface area contributed by atoms with Crippen LogP contribution >= 0.6 is 0 Å². The topological polar surface area (TPSA) is 111 Å². The van der Waals surface area contributed by atoms with Gasteiger partial charge in [0, 0.05) is 12.8 Å². The lowest BCUT2D eigenvalue weighted by Crippen LogP contribution is -2.44. The molecular formula is C78H137NO8. The molecule has 9 heteroatoms. The minimum absolute atomic E-state index is 0.146. The van der Waals surface area contributed by atoms with Gasteiger partial charge in [-0.2, -0.15) is 0 Å². The molecule has 502 valence electrons. The molecule has 0 spiro atoms. The number of likely N-dealkylation sites (N-methyl/N-ethyl adjacent to an activating group) is 1. The number of hydrogen-bond acceptors (Lipinski definition) is 8. The van der Waals surface area contributed by atoms with Gasteiger partial charge in [-0.15, -0.1) is 0 Å². The summed E-state index contributed by atoms with van der Waals surface area (Å²) in [6.45, 7) is 4.56. The average molecular weight is 1220 g/mol. The van der Waals surface area contributed by atoms with E-state index in [4.69, 9.17) is 18.9 Å². The first-order chi connectivity index (χ1) is 42.6. The van der Waals surface area contributed by atoms with E-state index in [0.717, 1.165) is 83.5 Å². The number of carboxylic acids is 1. The lowest BCUT2D eigenvalue weighted by atomic mass is 10.0. The number of ether oxygens (including phenoxy) is 4. The summed E-state index contributed by atoms with van der Waals surface area (Å²) in [5.74, 6) is -2.27. The summed E-state index contributed by atoms with van der Waals surface area (Å²) in [6, 6.07) is 0. The van der Waals surface area contributed by atoms with Crippen LogP contribution in [0.3, 0.4) is 0 Å². The van der Waals surface area contributed by atoms with Crippen LogP contribution in [0.4, 0.5) is 0 Å². The molecule has 2 unspecified atom stereocenters. The minimum atomic E-state index is -1.62. The van der Waals surface area contributed by atoms with Crippen molar-refractivity contribution in [2.45, 2.75) is 334 Å². The second-order valence-electron chi connectivity index (χ2n) is 25.5. The SMILES string of the molecule is CC/C=C\C/C=C\C/C=C\C/C=C\CCCCCCCCCCCCCCCCCCCCCCCCCCC(=O)OC(COC(=O)CCCCCCCCCCCCCC/C=C\C/C=C\C/C=C\C/C=C\CC)COC(OCC[N+](C)(C)C)C(=O)[O-]. The van der Waals surface area contributed by atoms with Crippen LogP contribution in [0.5, 0.6) is 0 Å². The molecule has 0 aliphatic carbocycles. The van der Waals surface area contributed by atoms with Gasteiger partial charge in [0.15, 0.2) is 12.4 Å². The molecule has 0 saturated heterocycles. The van der Waals surface area contributed by atoms with Crippen molar-refractivity contribution in [3.05, 3.63) is 97.2 Å². The molecule has 0 radical (unpaired) electrons. The molecule has 0 aliphatic rings. The number of hydrogen-bond donors (Lipinski definition) is 0. The maximum Gasteiger partial charge on any atom is 0.306 e. The van der Waals surface area contributed by atoms with Crippen molar-refractivity contribution in [1.82, 2.24) is 0 Å². The fourth-order valence-corrected chi connectivity index (χ4v) is 10.3. The number of esters is 2. The zero-order chi connectivity index (χ0) is 63.3. The van der Waals surface area contributed by atoms with Gasteiger partial charge in [-0.25, -0.2) is 0 Å². The van der Waals surface area contributed by atoms with Crippen LogP contribution in [-0.2, 0) is 33.3 Å². The predicted molar refractivity (Wildman–Crippen MR) is 371 cm³/mol. The van der Waals surface area contributed by atoms with E-state index in [0.29, 0.717) is 17.4 Å². The number of allylic oxidation sites excluding steroid dienone is 16. The summed E-state index contributed by atoms with van der Waals surface area (Å²) in [5.41, 5.74) is 0. The molecule has 0 bridgehead atoms. The number of carbonyl (C=O) groups excluding carboxylic acids is 3. The van der Waals surface area contributed by atoms with Crippen molar-refractivity contribution >= 4 is 17.9 Å². The van der Waals surface area contributed by atoms with Gasteiger partial charge in [0.25, 0.3) is 0 Å². The van der Waals surface area contributed by atoms with Gasteiger partial charge < -0.3 is 33.3 Å². The standard InChI is InChI=1S/C78H137NO8/c1-6-8-10-12-14-16-18-20-22-24-26-28-30-32-33-34-35-36-37-38-39-40-41-42-43-45-47-49-51-53-55-57-59-61-63-65-67-69-76(81)87-74(73-86-78(77(82)83)84-71-70-79(3,4)5)72-85-75(80)68-66-64-62-60-58-56-54-52-50-48-46-44-31-29-27-25-23-21-19-17-15-13-11-9-7-2/h8-11,14-17,20-23,26-29,74,78H,6-7,12-13,18-19,24-25,30-73H2,1-5H3/b10-8-,11-9-,16-14-,17-15-,22-20-,23-21-,28-26-,29-27-. The molecule has 0 aromatic heterocycles. The van der Waals surface area contributed by atoms with E-state index in [-0.39, 0.29) is 38.6 Å². The molecule has 0 aromatic carbocycles. The van der Waals surface area contributed by atoms with Crippen LogP contribution in [0.25, 0.3) is 0 Å². The van der Waals surface area contributed by atoms with Crippen molar-refractivity contribution in [3.8, 4) is 0 Å². The summed E-state index contributed by atoms with van der Waals surface area (Å²) in [6.07, 6.45) is 90.8. The number of carbonyl (C=O) groups is 3. The van der Waals surface area contributed by atoms with Crippen molar-refractivity contribution in [2.75, 3.05) is 47.5 Å². The fourth-order valence-electron chi connectivity index (χ4n) is 10.3. The Morgan fingerprint density at radius 1 is 0.345 bits per heavy atom. The molecule has 0 fully saturated rings. The van der Waals surface area contributed by atoms with E-state index in [1.54, 1.807) is 0 Å². The molecule has 0 amide bonds. The van der Waals surface area contributed by atoms with Gasteiger partial charge in [-0.1, -0.05) is 317 Å². The minimum Gasteiger partial charge on any atom is -0.545 e. The van der Waals surface area contributed by atoms with Crippen LogP contribution < -0.4 is 5.11 Å². The van der Waals surface area contributed by atoms with Crippen LogP contribution in [0.15, 0.2) is 97.2 Å². The first-order valence-electron chi connectivity index (χ1n) is 36.4. The van der Waals surface area contributed by atoms with Crippen molar-refractivity contribution in [2.24, 2.45) is 0 Å². The van der Waals surface area contributed by atoms with Crippen molar-refractivity contribution in [3.63, 3.8) is 0 Å². The Bertz CT molecular complexity index is 1750. The number of quaternary nitrogens is 1. The molecule has 0 N–H and O–H groups in total. The van der Waals surface area contributed by atoms with E-state index in [1.807, 2.05) is 21.1 Å². The monoisotopic (exact) mass is 1220 g/mol. The van der Waals surface area contributed by atoms with Gasteiger partial charge in [-0.05, 0) is 89.9 Å². The van der Waals surface area contributed by atoms with Gasteiger partial charge in [0.2, 0.25) is 0 Å². The van der Waals surface area contributed by atoms with E-state index in [9.17, 15) is 19.5 Å². The summed E-state index contributed by atoms with van der Waals surface area (Å²) in [5, 5.41) is 11.8. The third kappa shape index (κ3) is 69.5. The van der Waals surface area contributed by atoms with Gasteiger partial charge in [0.1, 0.15) is 13.2 Å². The highest BCUT2D eigenvalue weighted by Crippen LogP contribution is 2.18. The van der Waals surface area contributed by atoms with Gasteiger partial charge in [0.05, 0.1) is 40.3 Å². The first-order valence-corrected chi connectivity index (χ1v) is 36.4. The van der Waals surface area contributed by atoms with Crippen LogP contribution in [-0.4, -0.2) is 82.3 Å². The molecular weight excluding hydrogens is 1080 g/mol. The Balaban J connectivity index is 4.03. The molecule has 0 heterocycles. The Labute approximate surface area is 537 Å². The molecule has 0 rings (SSSR count). The van der Waals surface area contributed by atoms with Gasteiger partial charge >= 0.3 is 11.9 Å². The lowest BCUT2D eigenvalue weighted by molar-refractivity contribution is -0.870. The third-order valence-corrected chi connectivity index (χ3v) is 15.8. The zero-order valence-electron chi connectivity index (χ0n) is 57.4. The average Bonchev–Trinajstić information content (AvgIpc) is 3.57. The highest BCUT2D eigenvalue weighted by atomic mass is 16.7. The Morgan fingerprint density at radius 2 is 0.621 bits per heavy atom. The highest BCUT2D eigenvalue weighted by molar-refractivity contribution is 5.70. The van der Waals surface area contributed by atoms with E-state index < -0.39 is 24.3 Å². The van der Waals surface area contributed by atoms with E-state index in [2.05, 4.69) is 111 Å². The Morgan fingerprint density at radius 3 is 0.920 bits per heavy atom. The molecule has 0 aromatic rings. The predicted octanol–water partition coefficient (Wildman–Crippen LogP) is 21.5. The maximum absolute atomic E-state index is 12.9. The molecule has 87 heavy (non-hydrogen) atoms.